The molecule has 0 unspecified atom stereocenters. The van der Waals surface area contributed by atoms with Crippen molar-refractivity contribution in [2.75, 3.05) is 13.6 Å². The zero-order valence-corrected chi connectivity index (χ0v) is 10.1. The van der Waals surface area contributed by atoms with Crippen LogP contribution in [0.25, 0.3) is 0 Å². The Morgan fingerprint density at radius 3 is 2.82 bits per heavy atom. The van der Waals surface area contributed by atoms with Crippen LogP contribution in [-0.4, -0.2) is 34.5 Å². The number of amides is 1. The van der Waals surface area contributed by atoms with Gasteiger partial charge in [-0.3, -0.25) is 9.78 Å². The normalized spacial score (nSPS) is 16.1. The Morgan fingerprint density at radius 1 is 1.47 bits per heavy atom. The number of pyridine rings is 1. The standard InChI is InChI=1S/C13H18N2O2/c1-15(9-10-4-2-3-5-10)13(17)11-6-12(16)8-14-7-11/h6-8,10,16H,2-5,9H2,1H3. The number of aromatic hydroxyl groups is 1. The van der Waals surface area contributed by atoms with Crippen molar-refractivity contribution in [3.8, 4) is 5.75 Å². The molecule has 4 nitrogen and oxygen atoms in total. The van der Waals surface area contributed by atoms with E-state index in [0.717, 1.165) is 6.54 Å². The highest BCUT2D eigenvalue weighted by Crippen LogP contribution is 2.25. The van der Waals surface area contributed by atoms with E-state index in [1.165, 1.54) is 44.1 Å². The molecule has 17 heavy (non-hydrogen) atoms. The molecule has 0 aliphatic heterocycles. The minimum absolute atomic E-state index is 0.0325. The highest BCUT2D eigenvalue weighted by atomic mass is 16.3. The molecule has 1 amide bonds. The largest absolute Gasteiger partial charge is 0.506 e. The fraction of sp³-hybridized carbons (Fsp3) is 0.538. The van der Waals surface area contributed by atoms with Crippen molar-refractivity contribution in [1.82, 2.24) is 9.88 Å². The van der Waals surface area contributed by atoms with Gasteiger partial charge < -0.3 is 10.0 Å². The summed E-state index contributed by atoms with van der Waals surface area (Å²) in [5.41, 5.74) is 0.450. The van der Waals surface area contributed by atoms with Gasteiger partial charge in [0, 0.05) is 19.8 Å². The molecule has 4 heteroatoms. The van der Waals surface area contributed by atoms with E-state index >= 15 is 0 Å². The SMILES string of the molecule is CN(CC1CCCC1)C(=O)c1cncc(O)c1. The molecule has 0 bridgehead atoms. The van der Waals surface area contributed by atoms with Crippen LogP contribution in [0.5, 0.6) is 5.75 Å². The van der Waals surface area contributed by atoms with Crippen LogP contribution >= 0.6 is 0 Å². The van der Waals surface area contributed by atoms with E-state index in [4.69, 9.17) is 0 Å². The van der Waals surface area contributed by atoms with Crippen molar-refractivity contribution in [1.29, 1.82) is 0 Å². The third kappa shape index (κ3) is 2.96. The third-order valence-corrected chi connectivity index (χ3v) is 3.32. The fourth-order valence-corrected chi connectivity index (χ4v) is 2.43. The van der Waals surface area contributed by atoms with Gasteiger partial charge in [-0.2, -0.15) is 0 Å². The van der Waals surface area contributed by atoms with E-state index in [9.17, 15) is 9.90 Å². The minimum Gasteiger partial charge on any atom is -0.506 e. The zero-order chi connectivity index (χ0) is 12.3. The Kier molecular flexibility index (Phi) is 3.61. The Bertz CT molecular complexity index is 400. The van der Waals surface area contributed by atoms with Gasteiger partial charge in [0.1, 0.15) is 5.75 Å². The highest BCUT2D eigenvalue weighted by Gasteiger charge is 2.20. The smallest absolute Gasteiger partial charge is 0.255 e. The second kappa shape index (κ2) is 5.17. The zero-order valence-electron chi connectivity index (χ0n) is 10.1. The first kappa shape index (κ1) is 11.9. The van der Waals surface area contributed by atoms with Crippen LogP contribution < -0.4 is 0 Å². The predicted octanol–water partition coefficient (Wildman–Crippen LogP) is 2.05. The number of rotatable bonds is 3. The molecule has 92 valence electrons. The van der Waals surface area contributed by atoms with E-state index in [2.05, 4.69) is 4.98 Å². The van der Waals surface area contributed by atoms with E-state index < -0.39 is 0 Å². The Morgan fingerprint density at radius 2 is 2.18 bits per heavy atom. The van der Waals surface area contributed by atoms with Gasteiger partial charge in [0.2, 0.25) is 0 Å². The average molecular weight is 234 g/mol. The monoisotopic (exact) mass is 234 g/mol. The van der Waals surface area contributed by atoms with Crippen LogP contribution in [0.4, 0.5) is 0 Å². The molecule has 1 N–H and O–H groups in total. The summed E-state index contributed by atoms with van der Waals surface area (Å²) in [6.07, 6.45) is 7.81. The average Bonchev–Trinajstić information content (AvgIpc) is 2.80. The quantitative estimate of drug-likeness (QED) is 0.870. The van der Waals surface area contributed by atoms with Crippen LogP contribution in [0, 0.1) is 5.92 Å². The van der Waals surface area contributed by atoms with E-state index in [0.29, 0.717) is 11.5 Å². The first-order valence-electron chi connectivity index (χ1n) is 6.06. The summed E-state index contributed by atoms with van der Waals surface area (Å²) in [7, 11) is 1.81. The minimum atomic E-state index is -0.0692. The van der Waals surface area contributed by atoms with Gasteiger partial charge in [-0.25, -0.2) is 0 Å². The second-order valence-electron chi connectivity index (χ2n) is 4.77. The van der Waals surface area contributed by atoms with Crippen molar-refractivity contribution in [3.63, 3.8) is 0 Å². The maximum atomic E-state index is 12.1. The van der Waals surface area contributed by atoms with Gasteiger partial charge in [0.05, 0.1) is 11.8 Å². The van der Waals surface area contributed by atoms with Crippen LogP contribution in [0.2, 0.25) is 0 Å². The molecule has 0 saturated heterocycles. The summed E-state index contributed by atoms with van der Waals surface area (Å²) in [6.45, 7) is 0.800. The summed E-state index contributed by atoms with van der Waals surface area (Å²) in [4.78, 5) is 17.6. The lowest BCUT2D eigenvalue weighted by Crippen LogP contribution is -2.31. The molecule has 1 fully saturated rings. The first-order chi connectivity index (χ1) is 8.16. The van der Waals surface area contributed by atoms with Gasteiger partial charge in [-0.15, -0.1) is 0 Å². The third-order valence-electron chi connectivity index (χ3n) is 3.32. The molecule has 1 aliphatic rings. The van der Waals surface area contributed by atoms with E-state index in [-0.39, 0.29) is 11.7 Å². The number of hydrogen-bond acceptors (Lipinski definition) is 3. The number of carbonyl (C=O) groups is 1. The Labute approximate surface area is 101 Å². The molecule has 1 heterocycles. The number of aromatic nitrogens is 1. The van der Waals surface area contributed by atoms with Gasteiger partial charge in [0.15, 0.2) is 0 Å². The Balaban J connectivity index is 1.98. The van der Waals surface area contributed by atoms with E-state index in [1.807, 2.05) is 7.05 Å². The van der Waals surface area contributed by atoms with Crippen molar-refractivity contribution in [2.45, 2.75) is 25.7 Å². The molecule has 1 saturated carbocycles. The van der Waals surface area contributed by atoms with Crippen LogP contribution in [0.1, 0.15) is 36.0 Å². The van der Waals surface area contributed by atoms with Crippen molar-refractivity contribution in [2.24, 2.45) is 5.92 Å². The van der Waals surface area contributed by atoms with Crippen molar-refractivity contribution in [3.05, 3.63) is 24.0 Å². The summed E-state index contributed by atoms with van der Waals surface area (Å²) in [5.74, 6) is 0.597. The first-order valence-corrected chi connectivity index (χ1v) is 6.06. The lowest BCUT2D eigenvalue weighted by atomic mass is 10.1. The van der Waals surface area contributed by atoms with Crippen LogP contribution in [0.15, 0.2) is 18.5 Å². The molecule has 1 aromatic rings. The molecule has 0 spiro atoms. The number of nitrogens with zero attached hydrogens (tertiary/aromatic N) is 2. The number of hydrogen-bond donors (Lipinski definition) is 1. The molecule has 2 rings (SSSR count). The van der Waals surface area contributed by atoms with Gasteiger partial charge in [-0.1, -0.05) is 12.8 Å². The van der Waals surface area contributed by atoms with Gasteiger partial charge in [0.25, 0.3) is 5.91 Å². The van der Waals surface area contributed by atoms with Gasteiger partial charge >= 0.3 is 0 Å². The molecule has 0 aromatic carbocycles. The topological polar surface area (TPSA) is 53.4 Å². The second-order valence-corrected chi connectivity index (χ2v) is 4.77. The highest BCUT2D eigenvalue weighted by molar-refractivity contribution is 5.94. The predicted molar refractivity (Wildman–Crippen MR) is 64.8 cm³/mol. The van der Waals surface area contributed by atoms with Crippen molar-refractivity contribution >= 4 is 5.91 Å². The van der Waals surface area contributed by atoms with Crippen LogP contribution in [-0.2, 0) is 0 Å². The molecular weight excluding hydrogens is 216 g/mol. The molecular formula is C13H18N2O2. The molecule has 1 aromatic heterocycles. The molecule has 1 aliphatic carbocycles. The van der Waals surface area contributed by atoms with Crippen LogP contribution in [0.3, 0.4) is 0 Å². The van der Waals surface area contributed by atoms with Gasteiger partial charge in [-0.05, 0) is 24.8 Å². The summed E-state index contributed by atoms with van der Waals surface area (Å²) >= 11 is 0. The summed E-state index contributed by atoms with van der Waals surface area (Å²) in [5, 5.41) is 9.29. The summed E-state index contributed by atoms with van der Waals surface area (Å²) < 4.78 is 0. The summed E-state index contributed by atoms with van der Waals surface area (Å²) in [6, 6.07) is 1.46. The molecule has 0 radical (unpaired) electrons. The van der Waals surface area contributed by atoms with E-state index in [1.54, 1.807) is 4.90 Å². The van der Waals surface area contributed by atoms with Crippen molar-refractivity contribution < 1.29 is 9.90 Å². The number of carbonyl (C=O) groups excluding carboxylic acids is 1. The maximum absolute atomic E-state index is 12.1. The molecule has 0 atom stereocenters. The fourth-order valence-electron chi connectivity index (χ4n) is 2.43. The lowest BCUT2D eigenvalue weighted by molar-refractivity contribution is 0.0772. The maximum Gasteiger partial charge on any atom is 0.255 e. The Hall–Kier alpha value is -1.58. The lowest BCUT2D eigenvalue weighted by Gasteiger charge is -2.21.